The molecule has 11 rings (SSSR count). The van der Waals surface area contributed by atoms with Crippen molar-refractivity contribution >= 4 is 52.3 Å². The summed E-state index contributed by atoms with van der Waals surface area (Å²) in [6.07, 6.45) is 1.03. The van der Waals surface area contributed by atoms with Crippen LogP contribution in [0.25, 0.3) is 44.5 Å². The summed E-state index contributed by atoms with van der Waals surface area (Å²) >= 11 is 0. The molecule has 1 aliphatic carbocycles. The first-order valence-corrected chi connectivity index (χ1v) is 21.7. The molecule has 9 aromatic rings. The lowest BCUT2D eigenvalue weighted by Crippen LogP contribution is -2.45. The smallest absolute Gasteiger partial charge is 0.203 e. The van der Waals surface area contributed by atoms with E-state index in [2.05, 4.69) is 243 Å². The van der Waals surface area contributed by atoms with E-state index in [0.29, 0.717) is 6.71 Å². The fourth-order valence-electron chi connectivity index (χ4n) is 10.4. The minimum absolute atomic E-state index is 0.178. The summed E-state index contributed by atoms with van der Waals surface area (Å²) in [6, 6.07) is 83.3. The summed E-state index contributed by atoms with van der Waals surface area (Å²) in [5.41, 5.74) is 21.6. The lowest BCUT2D eigenvalue weighted by molar-refractivity contribution is 0.660. The van der Waals surface area contributed by atoms with Gasteiger partial charge in [-0.2, -0.15) is 0 Å². The Morgan fingerprint density at radius 2 is 0.852 bits per heavy atom. The molecule has 0 bridgehead atoms. The molecular formula is C58H45B2N. The second kappa shape index (κ2) is 15.2. The van der Waals surface area contributed by atoms with E-state index in [1.165, 1.54) is 83.2 Å². The molecule has 0 radical (unpaired) electrons. The molecular weight excluding hydrogens is 732 g/mol. The first-order chi connectivity index (χ1) is 30.0. The van der Waals surface area contributed by atoms with Gasteiger partial charge in [0.15, 0.2) is 0 Å². The second-order valence-electron chi connectivity index (χ2n) is 17.2. The van der Waals surface area contributed by atoms with Crippen LogP contribution in [0.2, 0.25) is 6.22 Å². The zero-order valence-electron chi connectivity index (χ0n) is 34.7. The Balaban J connectivity index is 1.18. The molecule has 1 heterocycles. The van der Waals surface area contributed by atoms with Crippen LogP contribution in [0.4, 0.5) is 17.1 Å². The molecule has 0 N–H and O–H groups in total. The lowest BCUT2D eigenvalue weighted by atomic mass is 9.30. The number of fused-ring (bicyclic) bond motifs is 4. The zero-order chi connectivity index (χ0) is 40.9. The molecule has 0 atom stereocenters. The topological polar surface area (TPSA) is 3.24 Å². The number of benzene rings is 9. The van der Waals surface area contributed by atoms with E-state index in [1.54, 1.807) is 0 Å². The van der Waals surface area contributed by atoms with Crippen molar-refractivity contribution in [3.63, 3.8) is 0 Å². The summed E-state index contributed by atoms with van der Waals surface area (Å²) in [5.74, 6) is 0. The van der Waals surface area contributed by atoms with Gasteiger partial charge in [-0.1, -0.05) is 230 Å². The molecule has 0 saturated carbocycles. The Bertz CT molecular complexity index is 2920. The van der Waals surface area contributed by atoms with Crippen molar-refractivity contribution in [1.29, 1.82) is 0 Å². The van der Waals surface area contributed by atoms with E-state index in [-0.39, 0.29) is 12.1 Å². The molecule has 0 fully saturated rings. The fraction of sp³-hybridized carbons (Fsp3) is 0.0690. The predicted molar refractivity (Wildman–Crippen MR) is 263 cm³/mol. The number of hydrogen-bond acceptors (Lipinski definition) is 1. The Kier molecular flexibility index (Phi) is 9.20. The van der Waals surface area contributed by atoms with Crippen LogP contribution in [-0.2, 0) is 5.41 Å². The van der Waals surface area contributed by atoms with Crippen LogP contribution in [0.15, 0.2) is 224 Å². The highest BCUT2D eigenvalue weighted by molar-refractivity contribution is 7.09. The van der Waals surface area contributed by atoms with Gasteiger partial charge >= 0.3 is 0 Å². The zero-order valence-corrected chi connectivity index (χ0v) is 34.7. The van der Waals surface area contributed by atoms with Crippen molar-refractivity contribution in [3.8, 4) is 44.5 Å². The van der Waals surface area contributed by atoms with Gasteiger partial charge in [-0.15, -0.1) is 0 Å². The third-order valence-electron chi connectivity index (χ3n) is 13.4. The van der Waals surface area contributed by atoms with Gasteiger partial charge in [-0.05, 0) is 86.5 Å². The third kappa shape index (κ3) is 6.44. The molecule has 0 amide bonds. The van der Waals surface area contributed by atoms with Gasteiger partial charge in [0.05, 0.1) is 5.69 Å². The average molecular weight is 778 g/mol. The van der Waals surface area contributed by atoms with Crippen LogP contribution in [-0.4, -0.2) is 13.4 Å². The predicted octanol–water partition coefficient (Wildman–Crippen LogP) is 12.2. The SMILES string of the molecule is CC1(C)c2ccccc2-c2cc(-c3cccc4c3B(c3ccccc3)CB4c3ccccc3)c(N(c3ccc(-c4ccccc4)cc3)c3ccc(-c4ccccc4)cc3)cc21. The molecule has 288 valence electrons. The number of rotatable bonds is 8. The van der Waals surface area contributed by atoms with Crippen molar-refractivity contribution in [2.75, 3.05) is 4.90 Å². The fourth-order valence-corrected chi connectivity index (χ4v) is 10.4. The molecule has 9 aromatic carbocycles. The quantitative estimate of drug-likeness (QED) is 0.139. The van der Waals surface area contributed by atoms with E-state index >= 15 is 0 Å². The van der Waals surface area contributed by atoms with Crippen molar-refractivity contribution < 1.29 is 0 Å². The molecule has 0 saturated heterocycles. The van der Waals surface area contributed by atoms with Crippen LogP contribution in [0, 0.1) is 0 Å². The standard InChI is InChI=1S/C58H45B2N/c1-58(2)53-28-16-15-26-49(53)51-38-52(50-27-17-29-55-57(50)60(46-24-13-6-14-25-46)40-59(55)45-22-11-5-12-23-45)56(39-54(51)58)61(47-34-30-43(31-35-47)41-18-7-3-8-19-41)48-36-32-44(33-37-48)42-20-9-4-10-21-42/h3-39H,40H2,1-2H3. The van der Waals surface area contributed by atoms with Crippen LogP contribution in [0.3, 0.4) is 0 Å². The van der Waals surface area contributed by atoms with Gasteiger partial charge in [0.2, 0.25) is 13.4 Å². The van der Waals surface area contributed by atoms with Crippen LogP contribution >= 0.6 is 0 Å². The lowest BCUT2D eigenvalue weighted by Gasteiger charge is -2.31. The first-order valence-electron chi connectivity index (χ1n) is 21.7. The number of hydrogen-bond donors (Lipinski definition) is 0. The monoisotopic (exact) mass is 777 g/mol. The largest absolute Gasteiger partial charge is 0.310 e. The molecule has 2 aliphatic rings. The van der Waals surface area contributed by atoms with Crippen molar-refractivity contribution in [2.45, 2.75) is 25.5 Å². The van der Waals surface area contributed by atoms with Crippen LogP contribution < -0.4 is 26.8 Å². The average Bonchev–Trinajstić information content (AvgIpc) is 3.83. The molecule has 1 aliphatic heterocycles. The minimum Gasteiger partial charge on any atom is -0.310 e. The van der Waals surface area contributed by atoms with Gasteiger partial charge in [-0.25, -0.2) is 0 Å². The molecule has 0 unspecified atom stereocenters. The third-order valence-corrected chi connectivity index (χ3v) is 13.4. The van der Waals surface area contributed by atoms with Crippen molar-refractivity contribution in [2.24, 2.45) is 0 Å². The van der Waals surface area contributed by atoms with Crippen LogP contribution in [0.5, 0.6) is 0 Å². The number of anilines is 3. The van der Waals surface area contributed by atoms with E-state index in [0.717, 1.165) is 17.6 Å². The summed E-state index contributed by atoms with van der Waals surface area (Å²) in [6.45, 7) is 5.33. The maximum Gasteiger partial charge on any atom is 0.203 e. The highest BCUT2D eigenvalue weighted by atomic mass is 15.1. The summed E-state index contributed by atoms with van der Waals surface area (Å²) in [5, 5.41) is 0. The summed E-state index contributed by atoms with van der Waals surface area (Å²) in [4.78, 5) is 2.51. The minimum atomic E-state index is -0.178. The van der Waals surface area contributed by atoms with Crippen LogP contribution in [0.1, 0.15) is 25.0 Å². The Hall–Kier alpha value is -7.09. The van der Waals surface area contributed by atoms with Crippen molar-refractivity contribution in [3.05, 3.63) is 236 Å². The second-order valence-corrected chi connectivity index (χ2v) is 17.2. The van der Waals surface area contributed by atoms with Gasteiger partial charge in [-0.3, -0.25) is 0 Å². The molecule has 61 heavy (non-hydrogen) atoms. The Morgan fingerprint density at radius 1 is 0.377 bits per heavy atom. The number of nitrogens with zero attached hydrogens (tertiary/aromatic N) is 1. The van der Waals surface area contributed by atoms with E-state index in [1.807, 2.05) is 0 Å². The Labute approximate surface area is 361 Å². The molecule has 0 aromatic heterocycles. The van der Waals surface area contributed by atoms with E-state index in [9.17, 15) is 0 Å². The molecule has 1 nitrogen and oxygen atoms in total. The highest BCUT2D eigenvalue weighted by Gasteiger charge is 2.41. The maximum absolute atomic E-state index is 2.54. The molecule has 3 heteroatoms. The van der Waals surface area contributed by atoms with Gasteiger partial charge < -0.3 is 4.90 Å². The summed E-state index contributed by atoms with van der Waals surface area (Å²) < 4.78 is 0. The Morgan fingerprint density at radius 3 is 1.43 bits per heavy atom. The first kappa shape index (κ1) is 36.9. The van der Waals surface area contributed by atoms with Gasteiger partial charge in [0.25, 0.3) is 0 Å². The maximum atomic E-state index is 2.54. The molecule has 0 spiro atoms. The summed E-state index contributed by atoms with van der Waals surface area (Å²) in [7, 11) is 0. The highest BCUT2D eigenvalue weighted by Crippen LogP contribution is 2.53. The van der Waals surface area contributed by atoms with E-state index < -0.39 is 0 Å². The van der Waals surface area contributed by atoms with Gasteiger partial charge in [0.1, 0.15) is 0 Å². The normalized spacial score (nSPS) is 13.4. The van der Waals surface area contributed by atoms with Crippen molar-refractivity contribution in [1.82, 2.24) is 0 Å². The van der Waals surface area contributed by atoms with Gasteiger partial charge in [0, 0.05) is 22.4 Å². The van der Waals surface area contributed by atoms with E-state index in [4.69, 9.17) is 0 Å².